The number of methoxy groups -OCH3 is 1. The predicted octanol–water partition coefficient (Wildman–Crippen LogP) is 2.63. The van der Waals surface area contributed by atoms with E-state index in [0.29, 0.717) is 18.7 Å². The van der Waals surface area contributed by atoms with Crippen molar-refractivity contribution in [2.45, 2.75) is 19.5 Å². The van der Waals surface area contributed by atoms with Crippen molar-refractivity contribution in [1.82, 2.24) is 10.2 Å². The van der Waals surface area contributed by atoms with Crippen LogP contribution >= 0.6 is 0 Å². The number of hydrogen-bond acceptors (Lipinski definition) is 5. The van der Waals surface area contributed by atoms with Gasteiger partial charge in [0.15, 0.2) is 11.6 Å². The number of hydrogen-bond donors (Lipinski definition) is 1. The van der Waals surface area contributed by atoms with Crippen molar-refractivity contribution in [2.75, 3.05) is 27.3 Å². The molecule has 0 aromatic heterocycles. The van der Waals surface area contributed by atoms with E-state index in [1.807, 2.05) is 4.90 Å². The quantitative estimate of drug-likeness (QED) is 0.669. The number of carbonyl (C=O) groups excluding carboxylic acids is 2. The summed E-state index contributed by atoms with van der Waals surface area (Å²) in [6.45, 7) is 2.88. The summed E-state index contributed by atoms with van der Waals surface area (Å²) < 4.78 is 23.6. The van der Waals surface area contributed by atoms with Crippen LogP contribution in [0.15, 0.2) is 48.5 Å². The summed E-state index contributed by atoms with van der Waals surface area (Å²) >= 11 is 0. The molecular formula is C21H25FN2O4. The van der Waals surface area contributed by atoms with Gasteiger partial charge in [0, 0.05) is 13.1 Å². The van der Waals surface area contributed by atoms with Crippen LogP contribution in [0.4, 0.5) is 4.39 Å². The van der Waals surface area contributed by atoms with Crippen LogP contribution in [0, 0.1) is 5.82 Å². The molecule has 6 nitrogen and oxygen atoms in total. The highest BCUT2D eigenvalue weighted by Gasteiger charge is 2.18. The van der Waals surface area contributed by atoms with Crippen molar-refractivity contribution in [3.63, 3.8) is 0 Å². The molecule has 0 aliphatic heterocycles. The summed E-state index contributed by atoms with van der Waals surface area (Å²) in [7, 11) is 3.13. The first-order chi connectivity index (χ1) is 13.4. The van der Waals surface area contributed by atoms with Gasteiger partial charge in [0.1, 0.15) is 6.61 Å². The number of benzene rings is 2. The Labute approximate surface area is 164 Å². The minimum atomic E-state index is -0.408. The van der Waals surface area contributed by atoms with Gasteiger partial charge >= 0.3 is 5.97 Å². The number of likely N-dealkylation sites (N-methyl/N-ethyl adjacent to an activating group) is 1. The third-order valence-corrected chi connectivity index (χ3v) is 4.42. The Balaban J connectivity index is 1.76. The van der Waals surface area contributed by atoms with E-state index >= 15 is 0 Å². The van der Waals surface area contributed by atoms with Crippen LogP contribution in [0.3, 0.4) is 0 Å². The Kier molecular flexibility index (Phi) is 7.95. The van der Waals surface area contributed by atoms with E-state index in [-0.39, 0.29) is 24.3 Å². The van der Waals surface area contributed by atoms with Crippen molar-refractivity contribution in [3.05, 3.63) is 65.5 Å². The lowest BCUT2D eigenvalue weighted by atomic mass is 10.1. The number of amides is 1. The second-order valence-electron chi connectivity index (χ2n) is 6.34. The Hall–Kier alpha value is -2.93. The van der Waals surface area contributed by atoms with Gasteiger partial charge in [-0.05, 0) is 43.8 Å². The molecule has 1 N–H and O–H groups in total. The van der Waals surface area contributed by atoms with Crippen molar-refractivity contribution in [1.29, 1.82) is 0 Å². The Morgan fingerprint density at radius 3 is 2.46 bits per heavy atom. The van der Waals surface area contributed by atoms with E-state index in [1.165, 1.54) is 13.2 Å². The fraction of sp³-hybridized carbons (Fsp3) is 0.333. The Morgan fingerprint density at radius 2 is 1.82 bits per heavy atom. The molecule has 0 saturated heterocycles. The van der Waals surface area contributed by atoms with Gasteiger partial charge < -0.3 is 14.8 Å². The van der Waals surface area contributed by atoms with E-state index in [1.54, 1.807) is 56.4 Å². The zero-order valence-electron chi connectivity index (χ0n) is 16.3. The van der Waals surface area contributed by atoms with Crippen LogP contribution in [0.2, 0.25) is 0 Å². The summed E-state index contributed by atoms with van der Waals surface area (Å²) in [6, 6.07) is 12.7. The minimum absolute atomic E-state index is 0.134. The van der Waals surface area contributed by atoms with Gasteiger partial charge in [0.2, 0.25) is 5.91 Å². The van der Waals surface area contributed by atoms with E-state index in [2.05, 4.69) is 10.1 Å². The normalized spacial score (nSPS) is 11.8. The van der Waals surface area contributed by atoms with Crippen molar-refractivity contribution >= 4 is 11.9 Å². The molecular weight excluding hydrogens is 363 g/mol. The second-order valence-corrected chi connectivity index (χ2v) is 6.34. The molecule has 0 aliphatic rings. The number of para-hydroxylation sites is 1. The molecule has 2 aromatic carbocycles. The Morgan fingerprint density at radius 1 is 1.14 bits per heavy atom. The minimum Gasteiger partial charge on any atom is -0.489 e. The van der Waals surface area contributed by atoms with Crippen molar-refractivity contribution in [2.24, 2.45) is 0 Å². The molecule has 0 bridgehead atoms. The summed E-state index contributed by atoms with van der Waals surface area (Å²) in [5, 5.41) is 2.86. The molecule has 2 rings (SSSR count). The molecule has 1 unspecified atom stereocenters. The highest BCUT2D eigenvalue weighted by molar-refractivity contribution is 5.89. The predicted molar refractivity (Wildman–Crippen MR) is 104 cm³/mol. The molecule has 1 atom stereocenters. The van der Waals surface area contributed by atoms with Crippen LogP contribution in [0.25, 0.3) is 0 Å². The molecule has 0 saturated carbocycles. The first-order valence-electron chi connectivity index (χ1n) is 8.95. The van der Waals surface area contributed by atoms with Crippen LogP contribution in [-0.4, -0.2) is 50.1 Å². The van der Waals surface area contributed by atoms with Crippen LogP contribution in [-0.2, 0) is 16.1 Å². The fourth-order valence-electron chi connectivity index (χ4n) is 2.47. The van der Waals surface area contributed by atoms with E-state index in [4.69, 9.17) is 4.74 Å². The van der Waals surface area contributed by atoms with E-state index < -0.39 is 11.8 Å². The monoisotopic (exact) mass is 388 g/mol. The number of ether oxygens (including phenoxy) is 2. The van der Waals surface area contributed by atoms with Gasteiger partial charge in [-0.3, -0.25) is 9.69 Å². The molecule has 0 aliphatic carbocycles. The van der Waals surface area contributed by atoms with Crippen molar-refractivity contribution in [3.8, 4) is 5.75 Å². The van der Waals surface area contributed by atoms with Gasteiger partial charge in [-0.1, -0.05) is 24.3 Å². The second kappa shape index (κ2) is 10.4. The molecule has 150 valence electrons. The summed E-state index contributed by atoms with van der Waals surface area (Å²) in [5.41, 5.74) is 1.33. The lowest BCUT2D eigenvalue weighted by molar-refractivity contribution is -0.125. The average molecular weight is 388 g/mol. The molecule has 7 heteroatoms. The maximum Gasteiger partial charge on any atom is 0.337 e. The highest BCUT2D eigenvalue weighted by Crippen LogP contribution is 2.15. The maximum atomic E-state index is 13.5. The first kappa shape index (κ1) is 21.4. The van der Waals surface area contributed by atoms with Crippen LogP contribution < -0.4 is 10.1 Å². The lowest BCUT2D eigenvalue weighted by Gasteiger charge is -2.24. The van der Waals surface area contributed by atoms with Gasteiger partial charge in [-0.25, -0.2) is 9.18 Å². The zero-order chi connectivity index (χ0) is 20.5. The third kappa shape index (κ3) is 6.06. The average Bonchev–Trinajstić information content (AvgIpc) is 2.72. The largest absolute Gasteiger partial charge is 0.489 e. The van der Waals surface area contributed by atoms with Gasteiger partial charge in [0.05, 0.1) is 18.7 Å². The molecule has 0 heterocycles. The topological polar surface area (TPSA) is 67.9 Å². The number of nitrogens with zero attached hydrogens (tertiary/aromatic N) is 1. The lowest BCUT2D eigenvalue weighted by Crippen LogP contribution is -2.44. The number of carbonyl (C=O) groups is 2. The number of nitrogens with one attached hydrogen (secondary N) is 1. The number of rotatable bonds is 9. The van der Waals surface area contributed by atoms with E-state index in [0.717, 1.165) is 5.56 Å². The molecule has 0 radical (unpaired) electrons. The molecule has 1 amide bonds. The maximum absolute atomic E-state index is 13.5. The smallest absolute Gasteiger partial charge is 0.337 e. The van der Waals surface area contributed by atoms with E-state index in [9.17, 15) is 14.0 Å². The molecule has 28 heavy (non-hydrogen) atoms. The molecule has 0 spiro atoms. The van der Waals surface area contributed by atoms with Crippen LogP contribution in [0.1, 0.15) is 22.8 Å². The van der Waals surface area contributed by atoms with Gasteiger partial charge in [-0.15, -0.1) is 0 Å². The molecule has 0 fully saturated rings. The fourth-order valence-corrected chi connectivity index (χ4v) is 2.47. The van der Waals surface area contributed by atoms with Crippen molar-refractivity contribution < 1.29 is 23.5 Å². The van der Waals surface area contributed by atoms with Crippen LogP contribution in [0.5, 0.6) is 5.75 Å². The zero-order valence-corrected chi connectivity index (χ0v) is 16.3. The van der Waals surface area contributed by atoms with Gasteiger partial charge in [-0.2, -0.15) is 0 Å². The number of halogens is 1. The third-order valence-electron chi connectivity index (χ3n) is 4.42. The van der Waals surface area contributed by atoms with Gasteiger partial charge in [0.25, 0.3) is 0 Å². The summed E-state index contributed by atoms with van der Waals surface area (Å²) in [4.78, 5) is 25.6. The molecule has 2 aromatic rings. The standard InChI is InChI=1S/C21H25FN2O4/c1-15(24(2)12-13-28-19-7-5-4-6-18(19)22)20(25)23-14-16-8-10-17(11-9-16)21(26)27-3/h4-11,15H,12-14H2,1-3H3,(H,23,25). The SMILES string of the molecule is COC(=O)c1ccc(CNC(=O)C(C)N(C)CCOc2ccccc2F)cc1. The first-order valence-corrected chi connectivity index (χ1v) is 8.95. The summed E-state index contributed by atoms with van der Waals surface area (Å²) in [6.07, 6.45) is 0. The highest BCUT2D eigenvalue weighted by atomic mass is 19.1. The Bertz CT molecular complexity index is 795. The number of esters is 1. The summed E-state index contributed by atoms with van der Waals surface area (Å²) in [5.74, 6) is -0.744.